The number of nitrogens with zero attached hydrogens (tertiary/aromatic N) is 2. The fourth-order valence-corrected chi connectivity index (χ4v) is 0.975. The normalized spacial score (nSPS) is 9.87. The van der Waals surface area contributed by atoms with E-state index in [1.165, 1.54) is 13.3 Å². The van der Waals surface area contributed by atoms with Crippen molar-refractivity contribution in [2.24, 2.45) is 0 Å². The van der Waals surface area contributed by atoms with Crippen molar-refractivity contribution in [3.05, 3.63) is 35.7 Å². The molecule has 0 atom stereocenters. The Labute approximate surface area is 87.8 Å². The number of pyridine rings is 1. The van der Waals surface area contributed by atoms with E-state index in [9.17, 15) is 4.79 Å². The summed E-state index contributed by atoms with van der Waals surface area (Å²) in [6, 6.07) is 5.31. The summed E-state index contributed by atoms with van der Waals surface area (Å²) in [6.45, 7) is 0. The lowest BCUT2D eigenvalue weighted by molar-refractivity contribution is 0.0600. The smallest absolute Gasteiger partial charge is 0.339 e. The number of carbonyl (C=O) groups excluding carboxylic acids is 1. The Hall–Kier alpha value is -2.15. The van der Waals surface area contributed by atoms with Crippen LogP contribution in [0.4, 0.5) is 0 Å². The lowest BCUT2D eigenvalue weighted by atomic mass is 10.2. The number of carbonyl (C=O) groups is 1. The van der Waals surface area contributed by atoms with Crippen LogP contribution in [-0.2, 0) is 4.74 Å². The van der Waals surface area contributed by atoms with Gasteiger partial charge in [-0.15, -0.1) is 0 Å². The van der Waals surface area contributed by atoms with Gasteiger partial charge in [0.15, 0.2) is 0 Å². The molecule has 1 aromatic rings. The van der Waals surface area contributed by atoms with Gasteiger partial charge in [0.05, 0.1) is 30.9 Å². The largest absolute Gasteiger partial charge is 0.465 e. The number of methoxy groups -OCH3 is 1. The average molecular weight is 202 g/mol. The summed E-state index contributed by atoms with van der Waals surface area (Å²) in [5.74, 6) is -0.407. The van der Waals surface area contributed by atoms with Gasteiger partial charge in [0.25, 0.3) is 0 Å². The standard InChI is InChI=1S/C11H10N2O2/c1-15-11(14)9-5-6-10(13-8-9)4-2-3-7-12/h2,4-6,8H,3H2,1H3. The molecule has 1 aromatic heterocycles. The van der Waals surface area contributed by atoms with Gasteiger partial charge in [-0.2, -0.15) is 5.26 Å². The molecule has 0 aromatic carbocycles. The van der Waals surface area contributed by atoms with Crippen LogP contribution >= 0.6 is 0 Å². The van der Waals surface area contributed by atoms with Crippen molar-refractivity contribution in [2.45, 2.75) is 6.42 Å². The Kier molecular flexibility index (Phi) is 4.05. The zero-order valence-electron chi connectivity index (χ0n) is 8.30. The number of ether oxygens (including phenoxy) is 1. The molecule has 0 saturated heterocycles. The van der Waals surface area contributed by atoms with Crippen LogP contribution in [0.15, 0.2) is 24.4 Å². The number of aromatic nitrogens is 1. The van der Waals surface area contributed by atoms with Gasteiger partial charge >= 0.3 is 5.97 Å². The first-order valence-electron chi connectivity index (χ1n) is 4.36. The summed E-state index contributed by atoms with van der Waals surface area (Å²) >= 11 is 0. The van der Waals surface area contributed by atoms with E-state index in [0.717, 1.165) is 0 Å². The van der Waals surface area contributed by atoms with Gasteiger partial charge in [-0.1, -0.05) is 6.08 Å². The Morgan fingerprint density at radius 2 is 2.47 bits per heavy atom. The summed E-state index contributed by atoms with van der Waals surface area (Å²) < 4.78 is 4.53. The lowest BCUT2D eigenvalue weighted by Crippen LogP contribution is -2.01. The molecular formula is C11H10N2O2. The van der Waals surface area contributed by atoms with Crippen LogP contribution in [0.2, 0.25) is 0 Å². The van der Waals surface area contributed by atoms with E-state index in [2.05, 4.69) is 9.72 Å². The third kappa shape index (κ3) is 3.24. The minimum absolute atomic E-state index is 0.348. The molecule has 0 aliphatic rings. The van der Waals surface area contributed by atoms with Gasteiger partial charge in [-0.05, 0) is 18.2 Å². The zero-order valence-corrected chi connectivity index (χ0v) is 8.30. The van der Waals surface area contributed by atoms with E-state index < -0.39 is 5.97 Å². The monoisotopic (exact) mass is 202 g/mol. The molecule has 0 aliphatic heterocycles. The van der Waals surface area contributed by atoms with E-state index in [1.54, 1.807) is 24.3 Å². The first kappa shape index (κ1) is 10.9. The van der Waals surface area contributed by atoms with Crippen molar-refractivity contribution >= 4 is 12.0 Å². The molecule has 0 unspecified atom stereocenters. The maximum absolute atomic E-state index is 11.1. The molecule has 4 nitrogen and oxygen atoms in total. The molecule has 0 bridgehead atoms. The zero-order chi connectivity index (χ0) is 11.1. The fraction of sp³-hybridized carbons (Fsp3) is 0.182. The topological polar surface area (TPSA) is 63.0 Å². The predicted molar refractivity (Wildman–Crippen MR) is 54.8 cm³/mol. The third-order valence-electron chi connectivity index (χ3n) is 1.71. The van der Waals surface area contributed by atoms with Crippen molar-refractivity contribution in [3.63, 3.8) is 0 Å². The van der Waals surface area contributed by atoms with Crippen molar-refractivity contribution in [2.75, 3.05) is 7.11 Å². The van der Waals surface area contributed by atoms with Gasteiger partial charge in [-0.25, -0.2) is 4.79 Å². The molecule has 1 heterocycles. The first-order valence-corrected chi connectivity index (χ1v) is 4.36. The van der Waals surface area contributed by atoms with Crippen molar-refractivity contribution in [3.8, 4) is 6.07 Å². The number of allylic oxidation sites excluding steroid dienone is 1. The van der Waals surface area contributed by atoms with Crippen molar-refractivity contribution in [1.82, 2.24) is 4.98 Å². The maximum Gasteiger partial charge on any atom is 0.339 e. The Bertz CT molecular complexity index is 402. The summed E-state index contributed by atoms with van der Waals surface area (Å²) in [4.78, 5) is 15.1. The molecule has 1 rings (SSSR count). The number of esters is 1. The van der Waals surface area contributed by atoms with E-state index >= 15 is 0 Å². The van der Waals surface area contributed by atoms with Crippen LogP contribution in [0.3, 0.4) is 0 Å². The molecule has 4 heteroatoms. The summed E-state index contributed by atoms with van der Waals surface area (Å²) in [6.07, 6.45) is 5.22. The highest BCUT2D eigenvalue weighted by Gasteiger charge is 2.03. The highest BCUT2D eigenvalue weighted by molar-refractivity contribution is 5.88. The molecule has 0 fully saturated rings. The van der Waals surface area contributed by atoms with Crippen LogP contribution in [0.5, 0.6) is 0 Å². The first-order chi connectivity index (χ1) is 7.27. The molecule has 0 N–H and O–H groups in total. The van der Waals surface area contributed by atoms with Crippen LogP contribution < -0.4 is 0 Å². The minimum atomic E-state index is -0.407. The average Bonchev–Trinajstić information content (AvgIpc) is 2.29. The Morgan fingerprint density at radius 3 is 3.00 bits per heavy atom. The second kappa shape index (κ2) is 5.55. The quantitative estimate of drug-likeness (QED) is 0.701. The van der Waals surface area contributed by atoms with E-state index in [4.69, 9.17) is 5.26 Å². The molecule has 0 saturated carbocycles. The van der Waals surface area contributed by atoms with Crippen molar-refractivity contribution < 1.29 is 9.53 Å². The number of nitriles is 1. The fourth-order valence-electron chi connectivity index (χ4n) is 0.975. The predicted octanol–water partition coefficient (Wildman–Crippen LogP) is 1.80. The molecule has 15 heavy (non-hydrogen) atoms. The highest BCUT2D eigenvalue weighted by atomic mass is 16.5. The second-order valence-electron chi connectivity index (χ2n) is 2.73. The highest BCUT2D eigenvalue weighted by Crippen LogP contribution is 2.03. The molecule has 0 radical (unpaired) electrons. The Morgan fingerprint density at radius 1 is 1.67 bits per heavy atom. The minimum Gasteiger partial charge on any atom is -0.465 e. The van der Waals surface area contributed by atoms with Gasteiger partial charge in [0.1, 0.15) is 0 Å². The third-order valence-corrected chi connectivity index (χ3v) is 1.71. The molecule has 0 aliphatic carbocycles. The number of hydrogen-bond donors (Lipinski definition) is 0. The SMILES string of the molecule is COC(=O)c1ccc(C=CCC#N)nc1. The van der Waals surface area contributed by atoms with Crippen LogP contribution in [0, 0.1) is 11.3 Å². The van der Waals surface area contributed by atoms with Crippen molar-refractivity contribution in [1.29, 1.82) is 5.26 Å². The second-order valence-corrected chi connectivity index (χ2v) is 2.73. The van der Waals surface area contributed by atoms with E-state index in [-0.39, 0.29) is 0 Å². The van der Waals surface area contributed by atoms with E-state index in [0.29, 0.717) is 17.7 Å². The van der Waals surface area contributed by atoms with Gasteiger partial charge in [-0.3, -0.25) is 4.98 Å². The summed E-state index contributed by atoms with van der Waals surface area (Å²) in [5.41, 5.74) is 1.12. The maximum atomic E-state index is 11.1. The Balaban J connectivity index is 2.73. The van der Waals surface area contributed by atoms with Crippen LogP contribution in [0.25, 0.3) is 6.08 Å². The van der Waals surface area contributed by atoms with Gasteiger partial charge in [0, 0.05) is 6.20 Å². The molecule has 76 valence electrons. The molecule has 0 amide bonds. The van der Waals surface area contributed by atoms with Gasteiger partial charge in [0.2, 0.25) is 0 Å². The van der Waals surface area contributed by atoms with E-state index in [1.807, 2.05) is 6.07 Å². The molecular weight excluding hydrogens is 192 g/mol. The number of hydrogen-bond acceptors (Lipinski definition) is 4. The number of rotatable bonds is 3. The summed E-state index contributed by atoms with van der Waals surface area (Å²) in [5, 5.41) is 8.31. The molecule has 0 spiro atoms. The van der Waals surface area contributed by atoms with Gasteiger partial charge < -0.3 is 4.74 Å². The van der Waals surface area contributed by atoms with Crippen LogP contribution in [0.1, 0.15) is 22.5 Å². The summed E-state index contributed by atoms with van der Waals surface area (Å²) in [7, 11) is 1.32. The van der Waals surface area contributed by atoms with Crippen LogP contribution in [-0.4, -0.2) is 18.1 Å². The lowest BCUT2D eigenvalue weighted by Gasteiger charge is -1.98.